The zero-order valence-corrected chi connectivity index (χ0v) is 10.3. The summed E-state index contributed by atoms with van der Waals surface area (Å²) in [5, 5.41) is 4.07. The van der Waals surface area contributed by atoms with Crippen molar-refractivity contribution in [2.45, 2.75) is 32.4 Å². The number of aromatic nitrogens is 1. The predicted octanol–water partition coefficient (Wildman–Crippen LogP) is 1.94. The molecule has 3 nitrogen and oxygen atoms in total. The second-order valence-corrected chi connectivity index (χ2v) is 4.40. The maximum absolute atomic E-state index is 5.38. The minimum Gasteiger partial charge on any atom is -0.363 e. The molecule has 1 saturated carbocycles. The Bertz CT molecular complexity index is 349. The highest BCUT2D eigenvalue weighted by Crippen LogP contribution is 2.28. The summed E-state index contributed by atoms with van der Waals surface area (Å²) in [6, 6.07) is 6.62. The summed E-state index contributed by atoms with van der Waals surface area (Å²) in [4.78, 5) is 6.59. The van der Waals surface area contributed by atoms with Crippen LogP contribution in [0.25, 0.3) is 0 Å². The third-order valence-corrected chi connectivity index (χ3v) is 3.01. The van der Waals surface area contributed by atoms with Gasteiger partial charge in [0, 0.05) is 18.8 Å². The van der Waals surface area contributed by atoms with E-state index in [4.69, 9.17) is 12.2 Å². The van der Waals surface area contributed by atoms with Gasteiger partial charge in [0.25, 0.3) is 0 Å². The van der Waals surface area contributed by atoms with Crippen molar-refractivity contribution in [2.24, 2.45) is 0 Å². The Morgan fingerprint density at radius 1 is 1.56 bits per heavy atom. The summed E-state index contributed by atoms with van der Waals surface area (Å²) in [5.41, 5.74) is 1.08. The van der Waals surface area contributed by atoms with Crippen LogP contribution in [0.5, 0.6) is 0 Å². The van der Waals surface area contributed by atoms with E-state index in [1.54, 1.807) is 0 Å². The first-order valence-electron chi connectivity index (χ1n) is 5.75. The zero-order valence-electron chi connectivity index (χ0n) is 9.52. The molecule has 1 heterocycles. The third kappa shape index (κ3) is 2.92. The van der Waals surface area contributed by atoms with Gasteiger partial charge in [-0.25, -0.2) is 0 Å². The van der Waals surface area contributed by atoms with Crippen LogP contribution in [-0.4, -0.2) is 27.6 Å². The summed E-state index contributed by atoms with van der Waals surface area (Å²) in [7, 11) is 0. The Labute approximate surface area is 102 Å². The van der Waals surface area contributed by atoms with Gasteiger partial charge >= 0.3 is 0 Å². The second-order valence-electron chi connectivity index (χ2n) is 4.02. The average molecular weight is 235 g/mol. The van der Waals surface area contributed by atoms with Gasteiger partial charge in [0.2, 0.25) is 0 Å². The van der Waals surface area contributed by atoms with Crippen LogP contribution < -0.4 is 5.32 Å². The average Bonchev–Trinajstić information content (AvgIpc) is 3.11. The Morgan fingerprint density at radius 3 is 2.94 bits per heavy atom. The van der Waals surface area contributed by atoms with Gasteiger partial charge < -0.3 is 10.2 Å². The number of nitrogens with one attached hydrogen (secondary N) is 1. The Kier molecular flexibility index (Phi) is 3.72. The van der Waals surface area contributed by atoms with Crippen molar-refractivity contribution in [1.82, 2.24) is 15.2 Å². The molecule has 1 aromatic heterocycles. The smallest absolute Gasteiger partial charge is 0.169 e. The standard InChI is InChI=1S/C12H17N3S/c1-2-13-12(16)15(11-6-7-11)9-10-5-3-4-8-14-10/h3-5,8,11H,2,6-7,9H2,1H3,(H,13,16). The molecule has 0 spiro atoms. The Hall–Kier alpha value is -1.16. The summed E-state index contributed by atoms with van der Waals surface area (Å²) in [5.74, 6) is 0. The topological polar surface area (TPSA) is 28.2 Å². The largest absolute Gasteiger partial charge is 0.363 e. The van der Waals surface area contributed by atoms with Crippen molar-refractivity contribution >= 4 is 17.3 Å². The number of nitrogens with zero attached hydrogens (tertiary/aromatic N) is 2. The molecule has 1 aromatic rings. The molecule has 1 fully saturated rings. The summed E-state index contributed by atoms with van der Waals surface area (Å²) >= 11 is 5.38. The molecule has 86 valence electrons. The molecule has 1 N–H and O–H groups in total. The molecule has 0 bridgehead atoms. The van der Waals surface area contributed by atoms with E-state index in [-0.39, 0.29) is 0 Å². The number of hydrogen-bond donors (Lipinski definition) is 1. The van der Waals surface area contributed by atoms with Crippen LogP contribution >= 0.6 is 12.2 Å². The molecule has 0 unspecified atom stereocenters. The molecular weight excluding hydrogens is 218 g/mol. The third-order valence-electron chi connectivity index (χ3n) is 2.63. The Balaban J connectivity index is 2.00. The van der Waals surface area contributed by atoms with Crippen molar-refractivity contribution in [3.63, 3.8) is 0 Å². The van der Waals surface area contributed by atoms with Gasteiger partial charge in [-0.1, -0.05) is 6.07 Å². The van der Waals surface area contributed by atoms with Crippen LogP contribution in [0.2, 0.25) is 0 Å². The van der Waals surface area contributed by atoms with Crippen molar-refractivity contribution in [3.8, 4) is 0 Å². The fourth-order valence-electron chi connectivity index (χ4n) is 1.67. The lowest BCUT2D eigenvalue weighted by Crippen LogP contribution is -2.40. The zero-order chi connectivity index (χ0) is 11.4. The first-order chi connectivity index (χ1) is 7.81. The van der Waals surface area contributed by atoms with E-state index in [1.165, 1.54) is 12.8 Å². The van der Waals surface area contributed by atoms with Crippen molar-refractivity contribution in [3.05, 3.63) is 30.1 Å². The fourth-order valence-corrected chi connectivity index (χ4v) is 2.03. The number of thiocarbonyl (C=S) groups is 1. The number of pyridine rings is 1. The number of hydrogen-bond acceptors (Lipinski definition) is 2. The van der Waals surface area contributed by atoms with Crippen molar-refractivity contribution in [2.75, 3.05) is 6.54 Å². The van der Waals surface area contributed by atoms with Crippen LogP contribution in [0.15, 0.2) is 24.4 Å². The highest BCUT2D eigenvalue weighted by atomic mass is 32.1. The molecule has 0 atom stereocenters. The predicted molar refractivity (Wildman–Crippen MR) is 69.1 cm³/mol. The molecule has 4 heteroatoms. The normalized spacial score (nSPS) is 14.6. The van der Waals surface area contributed by atoms with E-state index in [9.17, 15) is 0 Å². The molecule has 0 aliphatic heterocycles. The highest BCUT2D eigenvalue weighted by molar-refractivity contribution is 7.80. The van der Waals surface area contributed by atoms with Crippen LogP contribution in [0.3, 0.4) is 0 Å². The highest BCUT2D eigenvalue weighted by Gasteiger charge is 2.30. The van der Waals surface area contributed by atoms with E-state index < -0.39 is 0 Å². The molecule has 0 aromatic carbocycles. The van der Waals surface area contributed by atoms with Crippen molar-refractivity contribution in [1.29, 1.82) is 0 Å². The second kappa shape index (κ2) is 5.25. The SMILES string of the molecule is CCNC(=S)N(Cc1ccccn1)C1CC1. The van der Waals surface area contributed by atoms with Crippen LogP contribution in [0.4, 0.5) is 0 Å². The van der Waals surface area contributed by atoms with E-state index in [0.717, 1.165) is 23.9 Å². The van der Waals surface area contributed by atoms with Gasteiger partial charge in [-0.15, -0.1) is 0 Å². The van der Waals surface area contributed by atoms with Crippen LogP contribution in [0, 0.1) is 0 Å². The first kappa shape index (κ1) is 11.3. The van der Waals surface area contributed by atoms with Gasteiger partial charge in [-0.05, 0) is 44.1 Å². The lowest BCUT2D eigenvalue weighted by atomic mass is 10.3. The van der Waals surface area contributed by atoms with E-state index >= 15 is 0 Å². The van der Waals surface area contributed by atoms with Crippen LogP contribution in [0.1, 0.15) is 25.5 Å². The van der Waals surface area contributed by atoms with Gasteiger partial charge in [0.05, 0.1) is 12.2 Å². The van der Waals surface area contributed by atoms with Crippen molar-refractivity contribution < 1.29 is 0 Å². The molecule has 0 saturated heterocycles. The van der Waals surface area contributed by atoms with Crippen LogP contribution in [-0.2, 0) is 6.54 Å². The molecule has 0 amide bonds. The van der Waals surface area contributed by atoms with E-state index in [2.05, 4.69) is 22.1 Å². The minimum absolute atomic E-state index is 0.619. The molecule has 1 aliphatic rings. The first-order valence-corrected chi connectivity index (χ1v) is 6.16. The van der Waals surface area contributed by atoms with Gasteiger partial charge in [-0.3, -0.25) is 4.98 Å². The van der Waals surface area contributed by atoms with Gasteiger partial charge in [-0.2, -0.15) is 0 Å². The summed E-state index contributed by atoms with van der Waals surface area (Å²) in [6.45, 7) is 3.76. The summed E-state index contributed by atoms with van der Waals surface area (Å²) in [6.07, 6.45) is 4.33. The monoisotopic (exact) mass is 235 g/mol. The quantitative estimate of drug-likeness (QED) is 0.807. The van der Waals surface area contributed by atoms with Gasteiger partial charge in [0.15, 0.2) is 5.11 Å². The molecule has 16 heavy (non-hydrogen) atoms. The fraction of sp³-hybridized carbons (Fsp3) is 0.500. The maximum Gasteiger partial charge on any atom is 0.169 e. The minimum atomic E-state index is 0.619. The molecule has 1 aliphatic carbocycles. The maximum atomic E-state index is 5.38. The molecule has 0 radical (unpaired) electrons. The van der Waals surface area contributed by atoms with E-state index in [1.807, 2.05) is 24.4 Å². The number of rotatable bonds is 4. The lowest BCUT2D eigenvalue weighted by molar-refractivity contribution is 0.392. The summed E-state index contributed by atoms with van der Waals surface area (Å²) < 4.78 is 0. The lowest BCUT2D eigenvalue weighted by Gasteiger charge is -2.25. The van der Waals surface area contributed by atoms with Gasteiger partial charge in [0.1, 0.15) is 0 Å². The molecular formula is C12H17N3S. The van der Waals surface area contributed by atoms with E-state index in [0.29, 0.717) is 6.04 Å². The Morgan fingerprint density at radius 2 is 2.38 bits per heavy atom. The molecule has 2 rings (SSSR count).